The van der Waals surface area contributed by atoms with E-state index in [0.29, 0.717) is 29.7 Å². The topological polar surface area (TPSA) is 64.6 Å². The van der Waals surface area contributed by atoms with Crippen LogP contribution in [0.15, 0.2) is 72.1 Å². The summed E-state index contributed by atoms with van der Waals surface area (Å²) in [7, 11) is 1.62. The molecule has 3 aliphatic rings. The van der Waals surface area contributed by atoms with Gasteiger partial charge in [-0.05, 0) is 73.4 Å². The summed E-state index contributed by atoms with van der Waals surface area (Å²) in [4.78, 5) is 27.0. The predicted octanol–water partition coefficient (Wildman–Crippen LogP) is 5.54. The number of benzene rings is 2. The normalized spacial score (nSPS) is 24.7. The highest BCUT2D eigenvalue weighted by Gasteiger charge is 2.46. The highest BCUT2D eigenvalue weighted by Crippen LogP contribution is 2.47. The Balaban J connectivity index is 1.51. The minimum absolute atomic E-state index is 0.00307. The van der Waals surface area contributed by atoms with Gasteiger partial charge in [-0.1, -0.05) is 30.8 Å². The molecule has 1 saturated carbocycles. The van der Waals surface area contributed by atoms with Crippen LogP contribution in [-0.4, -0.2) is 25.0 Å². The van der Waals surface area contributed by atoms with Crippen LogP contribution in [-0.2, 0) is 14.3 Å². The van der Waals surface area contributed by atoms with Gasteiger partial charge in [-0.25, -0.2) is 4.39 Å². The summed E-state index contributed by atoms with van der Waals surface area (Å²) >= 11 is 0. The van der Waals surface area contributed by atoms with E-state index < -0.39 is 11.8 Å². The molecular formula is C29H30FNO4. The van der Waals surface area contributed by atoms with Crippen molar-refractivity contribution in [3.63, 3.8) is 0 Å². The molecule has 35 heavy (non-hydrogen) atoms. The summed E-state index contributed by atoms with van der Waals surface area (Å²) in [6.45, 7) is 4.17. The van der Waals surface area contributed by atoms with Crippen LogP contribution in [0.5, 0.6) is 5.75 Å². The lowest BCUT2D eigenvalue weighted by atomic mass is 9.69. The quantitative estimate of drug-likeness (QED) is 0.576. The Morgan fingerprint density at radius 2 is 1.66 bits per heavy atom. The number of rotatable bonds is 5. The van der Waals surface area contributed by atoms with Crippen LogP contribution in [0.4, 0.5) is 4.39 Å². The number of esters is 1. The molecule has 0 spiro atoms. The number of carbonyl (C=O) groups is 2. The van der Waals surface area contributed by atoms with Gasteiger partial charge in [0.2, 0.25) is 0 Å². The molecule has 1 N–H and O–H groups in total. The average Bonchev–Trinajstić information content (AvgIpc) is 3.36. The monoisotopic (exact) mass is 475 g/mol. The van der Waals surface area contributed by atoms with Crippen LogP contribution in [0, 0.1) is 11.7 Å². The smallest absolute Gasteiger partial charge is 0.316 e. The molecule has 0 aromatic heterocycles. The maximum Gasteiger partial charge on any atom is 0.316 e. The first-order chi connectivity index (χ1) is 16.9. The lowest BCUT2D eigenvalue weighted by Crippen LogP contribution is -2.42. The third kappa shape index (κ3) is 4.62. The average molecular weight is 476 g/mol. The van der Waals surface area contributed by atoms with Crippen LogP contribution in [0.2, 0.25) is 0 Å². The van der Waals surface area contributed by atoms with Gasteiger partial charge in [-0.2, -0.15) is 0 Å². The lowest BCUT2D eigenvalue weighted by Gasteiger charge is -2.40. The van der Waals surface area contributed by atoms with Crippen molar-refractivity contribution in [2.45, 2.75) is 56.5 Å². The Kier molecular flexibility index (Phi) is 6.46. The van der Waals surface area contributed by atoms with Gasteiger partial charge in [0, 0.05) is 29.3 Å². The number of methoxy groups -OCH3 is 1. The van der Waals surface area contributed by atoms with E-state index in [1.54, 1.807) is 19.2 Å². The molecule has 0 bridgehead atoms. The van der Waals surface area contributed by atoms with Crippen molar-refractivity contribution in [1.82, 2.24) is 5.32 Å². The molecule has 3 atom stereocenters. The minimum atomic E-state index is -0.749. The van der Waals surface area contributed by atoms with Gasteiger partial charge in [0.05, 0.1) is 7.11 Å². The first-order valence-electron chi connectivity index (χ1n) is 12.3. The van der Waals surface area contributed by atoms with E-state index in [9.17, 15) is 14.0 Å². The summed E-state index contributed by atoms with van der Waals surface area (Å²) in [5.41, 5.74) is 3.66. The van der Waals surface area contributed by atoms with Crippen molar-refractivity contribution in [3.8, 4) is 5.75 Å². The molecule has 0 radical (unpaired) electrons. The molecule has 0 saturated heterocycles. The number of hydrogen-bond acceptors (Lipinski definition) is 5. The molecule has 0 amide bonds. The van der Waals surface area contributed by atoms with Crippen molar-refractivity contribution < 1.29 is 23.5 Å². The molecule has 5 nitrogen and oxygen atoms in total. The van der Waals surface area contributed by atoms with Gasteiger partial charge in [-0.15, -0.1) is 0 Å². The van der Waals surface area contributed by atoms with Crippen LogP contribution in [0.1, 0.15) is 61.5 Å². The van der Waals surface area contributed by atoms with Gasteiger partial charge in [0.25, 0.3) is 0 Å². The Hall–Kier alpha value is -3.41. The van der Waals surface area contributed by atoms with Crippen LogP contribution in [0.25, 0.3) is 0 Å². The summed E-state index contributed by atoms with van der Waals surface area (Å²) in [5, 5.41) is 3.30. The fraction of sp³-hybridized carbons (Fsp3) is 0.379. The number of halogens is 1. The van der Waals surface area contributed by atoms with Gasteiger partial charge < -0.3 is 14.8 Å². The molecule has 182 valence electrons. The molecular weight excluding hydrogens is 445 g/mol. The largest absolute Gasteiger partial charge is 0.497 e. The van der Waals surface area contributed by atoms with Crippen LogP contribution < -0.4 is 10.1 Å². The van der Waals surface area contributed by atoms with E-state index in [2.05, 4.69) is 11.9 Å². The highest BCUT2D eigenvalue weighted by atomic mass is 19.1. The maximum absolute atomic E-state index is 13.8. The summed E-state index contributed by atoms with van der Waals surface area (Å²) in [5.74, 6) is -1.29. The molecule has 1 fully saturated rings. The fourth-order valence-electron chi connectivity index (χ4n) is 5.71. The Labute approximate surface area is 205 Å². The Morgan fingerprint density at radius 3 is 2.31 bits per heavy atom. The van der Waals surface area contributed by atoms with Crippen molar-refractivity contribution in [2.24, 2.45) is 5.92 Å². The Morgan fingerprint density at radius 1 is 1.00 bits per heavy atom. The summed E-state index contributed by atoms with van der Waals surface area (Å²) in [6.07, 6.45) is 4.66. The van der Waals surface area contributed by atoms with E-state index in [1.165, 1.54) is 12.1 Å². The molecule has 5 rings (SSSR count). The van der Waals surface area contributed by atoms with E-state index in [-0.39, 0.29) is 29.6 Å². The molecule has 2 aromatic rings. The number of hydrogen-bond donors (Lipinski definition) is 1. The van der Waals surface area contributed by atoms with Crippen LogP contribution in [0.3, 0.4) is 0 Å². The number of nitrogens with one attached hydrogen (secondary N) is 1. The number of ether oxygens (including phenoxy) is 2. The molecule has 6 heteroatoms. The first kappa shape index (κ1) is 23.3. The Bertz CT molecular complexity index is 1160. The minimum Gasteiger partial charge on any atom is -0.497 e. The van der Waals surface area contributed by atoms with Crippen molar-refractivity contribution in [1.29, 1.82) is 0 Å². The maximum atomic E-state index is 13.8. The van der Waals surface area contributed by atoms with Gasteiger partial charge >= 0.3 is 5.97 Å². The molecule has 1 aliphatic heterocycles. The molecule has 1 heterocycles. The van der Waals surface area contributed by atoms with E-state index in [4.69, 9.17) is 9.47 Å². The number of allylic oxidation sites excluding steroid dienone is 2. The first-order valence-corrected chi connectivity index (χ1v) is 12.3. The second kappa shape index (κ2) is 9.68. The van der Waals surface area contributed by atoms with E-state index in [0.717, 1.165) is 42.7 Å². The summed E-state index contributed by atoms with van der Waals surface area (Å²) in [6, 6.07) is 13.8. The van der Waals surface area contributed by atoms with Crippen molar-refractivity contribution in [3.05, 3.63) is 89.0 Å². The third-order valence-electron chi connectivity index (χ3n) is 7.49. The zero-order chi connectivity index (χ0) is 24.5. The van der Waals surface area contributed by atoms with Gasteiger partial charge in [0.1, 0.15) is 23.6 Å². The fourth-order valence-corrected chi connectivity index (χ4v) is 5.71. The number of Topliss-reactive ketones (excluding diaryl/α,β-unsaturated/α-hetero) is 1. The molecule has 2 aliphatic carbocycles. The van der Waals surface area contributed by atoms with E-state index in [1.807, 2.05) is 24.3 Å². The number of ketones is 1. The van der Waals surface area contributed by atoms with Crippen molar-refractivity contribution in [2.75, 3.05) is 7.11 Å². The van der Waals surface area contributed by atoms with Crippen molar-refractivity contribution >= 4 is 11.8 Å². The second-order valence-electron chi connectivity index (χ2n) is 9.69. The predicted molar refractivity (Wildman–Crippen MR) is 130 cm³/mol. The molecule has 3 unspecified atom stereocenters. The SMILES string of the molecule is C=C1NC2=C(C(=O)CC(c3ccc(OC)cc3)C2)C(c2ccc(F)cc2)C1C(=O)OC1CCCC1. The zero-order valence-corrected chi connectivity index (χ0v) is 19.9. The van der Waals surface area contributed by atoms with Crippen LogP contribution >= 0.6 is 0 Å². The summed E-state index contributed by atoms with van der Waals surface area (Å²) < 4.78 is 24.9. The number of carbonyl (C=O) groups excluding carboxylic acids is 2. The standard InChI is InChI=1S/C29H30FNO4/c1-17-26(29(33)35-23-5-3-4-6-23)27(19-7-11-21(30)12-8-19)28-24(31-17)15-20(16-25(28)32)18-9-13-22(34-2)14-10-18/h7-14,20,23,26-27,31H,1,3-6,15-16H2,2H3. The zero-order valence-electron chi connectivity index (χ0n) is 19.9. The van der Waals surface area contributed by atoms with Gasteiger partial charge in [-0.3, -0.25) is 9.59 Å². The van der Waals surface area contributed by atoms with E-state index >= 15 is 0 Å². The van der Waals surface area contributed by atoms with Gasteiger partial charge in [0.15, 0.2) is 5.78 Å². The second-order valence-corrected chi connectivity index (χ2v) is 9.69. The molecule has 2 aromatic carbocycles. The highest BCUT2D eigenvalue weighted by molar-refractivity contribution is 6.01. The lowest BCUT2D eigenvalue weighted by molar-refractivity contribution is -0.153. The third-order valence-corrected chi connectivity index (χ3v) is 7.49.